The molecular weight excluding hydrogens is 369 g/mol. The van der Waals surface area contributed by atoms with Crippen LogP contribution in [0.2, 0.25) is 5.02 Å². The zero-order chi connectivity index (χ0) is 19.2. The Morgan fingerprint density at radius 2 is 2.04 bits per heavy atom. The molecule has 2 heterocycles. The number of fused-ring (bicyclic) bond motifs is 1. The van der Waals surface area contributed by atoms with E-state index in [0.29, 0.717) is 27.6 Å². The lowest BCUT2D eigenvalue weighted by molar-refractivity contribution is -0.896. The lowest BCUT2D eigenvalue weighted by Crippen LogP contribution is -3.11. The Hall–Kier alpha value is -2.32. The molecule has 2 aromatic heterocycles. The molecule has 3 aromatic rings. The van der Waals surface area contributed by atoms with Gasteiger partial charge in [-0.3, -0.25) is 0 Å². The van der Waals surface area contributed by atoms with Gasteiger partial charge in [0.1, 0.15) is 12.1 Å². The van der Waals surface area contributed by atoms with Crippen molar-refractivity contribution in [3.63, 3.8) is 0 Å². The number of rotatable bonds is 9. The van der Waals surface area contributed by atoms with E-state index in [4.69, 9.17) is 11.6 Å². The predicted octanol–water partition coefficient (Wildman–Crippen LogP) is 1.79. The molecule has 27 heavy (non-hydrogen) atoms. The van der Waals surface area contributed by atoms with Crippen LogP contribution in [0.1, 0.15) is 25.8 Å². The molecule has 144 valence electrons. The van der Waals surface area contributed by atoms with Crippen molar-refractivity contribution < 1.29 is 9.29 Å². The molecule has 0 aliphatic heterocycles. The van der Waals surface area contributed by atoms with E-state index in [1.165, 1.54) is 17.1 Å². The molecule has 0 spiro atoms. The topological polar surface area (TPSA) is 73.0 Å². The molecule has 0 amide bonds. The Morgan fingerprint density at radius 1 is 1.22 bits per heavy atom. The summed E-state index contributed by atoms with van der Waals surface area (Å²) < 4.78 is 15.6. The molecule has 0 radical (unpaired) electrons. The molecule has 1 aromatic carbocycles. The Bertz CT molecular complexity index is 874. The van der Waals surface area contributed by atoms with E-state index in [0.717, 1.165) is 32.6 Å². The van der Waals surface area contributed by atoms with Crippen molar-refractivity contribution in [1.82, 2.24) is 25.0 Å². The van der Waals surface area contributed by atoms with Crippen LogP contribution in [0, 0.1) is 5.82 Å². The van der Waals surface area contributed by atoms with Gasteiger partial charge in [0, 0.05) is 23.6 Å². The molecule has 0 atom stereocenters. The Labute approximate surface area is 162 Å². The molecule has 0 saturated heterocycles. The van der Waals surface area contributed by atoms with E-state index in [9.17, 15) is 4.39 Å². The second-order valence-electron chi connectivity index (χ2n) is 6.33. The van der Waals surface area contributed by atoms with Gasteiger partial charge in [0.05, 0.1) is 26.2 Å². The summed E-state index contributed by atoms with van der Waals surface area (Å²) in [5.41, 5.74) is 1.47. The molecule has 9 heteroatoms. The second kappa shape index (κ2) is 9.05. The van der Waals surface area contributed by atoms with Crippen molar-refractivity contribution in [2.45, 2.75) is 26.8 Å². The summed E-state index contributed by atoms with van der Waals surface area (Å²) in [6.07, 6.45) is 2.49. The fraction of sp³-hybridized carbons (Fsp3) is 0.444. The normalized spacial score (nSPS) is 11.4. The lowest BCUT2D eigenvalue weighted by atomic mass is 10.2. The molecule has 7 nitrogen and oxygen atoms in total. The van der Waals surface area contributed by atoms with Gasteiger partial charge in [-0.15, -0.1) is 5.10 Å². The number of nitrogens with zero attached hydrogens (tertiary/aromatic N) is 5. The molecule has 0 unspecified atom stereocenters. The minimum atomic E-state index is -0.377. The van der Waals surface area contributed by atoms with Crippen molar-refractivity contribution in [2.24, 2.45) is 0 Å². The van der Waals surface area contributed by atoms with Crippen LogP contribution in [-0.4, -0.2) is 51.1 Å². The Morgan fingerprint density at radius 3 is 2.78 bits per heavy atom. The van der Waals surface area contributed by atoms with Crippen LogP contribution in [0.25, 0.3) is 11.2 Å². The van der Waals surface area contributed by atoms with E-state index in [1.54, 1.807) is 17.0 Å². The fourth-order valence-corrected chi connectivity index (χ4v) is 3.23. The first-order valence-corrected chi connectivity index (χ1v) is 9.56. The van der Waals surface area contributed by atoms with Crippen molar-refractivity contribution in [1.29, 1.82) is 0 Å². The third-order valence-electron chi connectivity index (χ3n) is 4.67. The molecule has 0 fully saturated rings. The number of aromatic nitrogens is 5. The summed E-state index contributed by atoms with van der Waals surface area (Å²) in [4.78, 5) is 10.1. The van der Waals surface area contributed by atoms with Gasteiger partial charge >= 0.3 is 0 Å². The third kappa shape index (κ3) is 4.51. The zero-order valence-corrected chi connectivity index (χ0v) is 16.3. The highest BCUT2D eigenvalue weighted by Gasteiger charge is 2.15. The summed E-state index contributed by atoms with van der Waals surface area (Å²) in [7, 11) is 0. The average Bonchev–Trinajstić information content (AvgIpc) is 3.09. The smallest absolute Gasteiger partial charge is 0.184 e. The molecule has 2 N–H and O–H groups in total. The molecule has 0 aliphatic carbocycles. The molecule has 0 saturated carbocycles. The molecule has 0 aliphatic rings. The SMILES string of the molecule is CC[NH+](CC)CCCNc1ncnc2c1nnn2Cc1c(F)cccc1Cl. The maximum Gasteiger partial charge on any atom is 0.184 e. The van der Waals surface area contributed by atoms with Crippen molar-refractivity contribution in [3.05, 3.63) is 40.9 Å². The van der Waals surface area contributed by atoms with Crippen LogP contribution in [0.4, 0.5) is 10.2 Å². The monoisotopic (exact) mass is 392 g/mol. The third-order valence-corrected chi connectivity index (χ3v) is 5.02. The van der Waals surface area contributed by atoms with Crippen LogP contribution in [0.15, 0.2) is 24.5 Å². The van der Waals surface area contributed by atoms with E-state index < -0.39 is 0 Å². The van der Waals surface area contributed by atoms with E-state index >= 15 is 0 Å². The van der Waals surface area contributed by atoms with Crippen LogP contribution in [0.5, 0.6) is 0 Å². The minimum absolute atomic E-state index is 0.157. The summed E-state index contributed by atoms with van der Waals surface area (Å²) in [5.74, 6) is 0.262. The zero-order valence-electron chi connectivity index (χ0n) is 15.5. The number of hydrogen-bond donors (Lipinski definition) is 2. The van der Waals surface area contributed by atoms with Gasteiger partial charge in [-0.1, -0.05) is 22.9 Å². The number of nitrogens with one attached hydrogen (secondary N) is 2. The highest BCUT2D eigenvalue weighted by atomic mass is 35.5. The number of halogens is 2. The average molecular weight is 393 g/mol. The second-order valence-corrected chi connectivity index (χ2v) is 6.74. The Kier molecular flexibility index (Phi) is 6.52. The van der Waals surface area contributed by atoms with Crippen molar-refractivity contribution in [2.75, 3.05) is 31.5 Å². The molecule has 3 rings (SSSR count). The first-order chi connectivity index (χ1) is 13.1. The number of anilines is 1. The van der Waals surface area contributed by atoms with Gasteiger partial charge in [-0.25, -0.2) is 19.0 Å². The quantitative estimate of drug-likeness (QED) is 0.543. The fourth-order valence-electron chi connectivity index (χ4n) is 3.01. The van der Waals surface area contributed by atoms with Gasteiger partial charge in [-0.2, -0.15) is 0 Å². The largest absolute Gasteiger partial charge is 0.368 e. The Balaban J connectivity index is 1.73. The lowest BCUT2D eigenvalue weighted by Gasteiger charge is -2.15. The van der Waals surface area contributed by atoms with Gasteiger partial charge in [0.15, 0.2) is 17.0 Å². The van der Waals surface area contributed by atoms with E-state index in [2.05, 4.69) is 39.4 Å². The summed E-state index contributed by atoms with van der Waals surface area (Å²) >= 11 is 6.11. The van der Waals surface area contributed by atoms with Crippen LogP contribution in [-0.2, 0) is 6.54 Å². The van der Waals surface area contributed by atoms with Gasteiger partial charge in [0.25, 0.3) is 0 Å². The van der Waals surface area contributed by atoms with Crippen molar-refractivity contribution >= 4 is 28.6 Å². The summed E-state index contributed by atoms with van der Waals surface area (Å²) in [6, 6.07) is 4.60. The van der Waals surface area contributed by atoms with Crippen LogP contribution < -0.4 is 10.2 Å². The number of benzene rings is 1. The first kappa shape index (κ1) is 19.4. The number of hydrogen-bond acceptors (Lipinski definition) is 5. The molecule has 0 bridgehead atoms. The van der Waals surface area contributed by atoms with Gasteiger partial charge in [0.2, 0.25) is 0 Å². The standard InChI is InChI=1S/C18H23ClFN7/c1-3-26(4-2)10-6-9-21-17-16-18(23-12-22-17)27(25-24-16)11-13-14(19)7-5-8-15(13)20/h5,7-8,12H,3-4,6,9-11H2,1-2H3,(H,21,22,23)/p+1. The van der Waals surface area contributed by atoms with Crippen LogP contribution >= 0.6 is 11.6 Å². The van der Waals surface area contributed by atoms with Crippen LogP contribution in [0.3, 0.4) is 0 Å². The highest BCUT2D eigenvalue weighted by molar-refractivity contribution is 6.31. The van der Waals surface area contributed by atoms with Crippen molar-refractivity contribution in [3.8, 4) is 0 Å². The van der Waals surface area contributed by atoms with E-state index in [1.807, 2.05) is 0 Å². The predicted molar refractivity (Wildman–Crippen MR) is 104 cm³/mol. The summed E-state index contributed by atoms with van der Waals surface area (Å²) in [6.45, 7) is 8.70. The minimum Gasteiger partial charge on any atom is -0.368 e. The maximum atomic E-state index is 14.1. The maximum absolute atomic E-state index is 14.1. The van der Waals surface area contributed by atoms with Gasteiger partial charge < -0.3 is 10.2 Å². The van der Waals surface area contributed by atoms with Gasteiger partial charge in [-0.05, 0) is 26.0 Å². The molecular formula is C18H24ClFN7+. The van der Waals surface area contributed by atoms with E-state index in [-0.39, 0.29) is 12.4 Å². The summed E-state index contributed by atoms with van der Waals surface area (Å²) in [5, 5.41) is 11.9. The number of quaternary nitrogens is 1. The first-order valence-electron chi connectivity index (χ1n) is 9.18. The highest BCUT2D eigenvalue weighted by Crippen LogP contribution is 2.22.